The molecule has 0 aromatic heterocycles. The third-order valence-electron chi connectivity index (χ3n) is 3.18. The first kappa shape index (κ1) is 11.0. The molecule has 0 unspecified atom stereocenters. The van der Waals surface area contributed by atoms with Gasteiger partial charge in [0.1, 0.15) is 0 Å². The molecule has 0 radical (unpaired) electrons. The van der Waals surface area contributed by atoms with E-state index in [9.17, 15) is 9.90 Å². The van der Waals surface area contributed by atoms with Crippen LogP contribution in [0.5, 0.6) is 0 Å². The van der Waals surface area contributed by atoms with Gasteiger partial charge in [0.15, 0.2) is 0 Å². The van der Waals surface area contributed by atoms with Crippen LogP contribution in [0.1, 0.15) is 32.1 Å². The van der Waals surface area contributed by atoms with E-state index in [0.29, 0.717) is 0 Å². The number of benzene rings is 1. The summed E-state index contributed by atoms with van der Waals surface area (Å²) in [5.74, 6) is 0. The van der Waals surface area contributed by atoms with Gasteiger partial charge in [-0.05, 0) is 25.0 Å². The van der Waals surface area contributed by atoms with E-state index in [1.165, 1.54) is 11.3 Å². The number of nitrogens with zero attached hydrogens (tertiary/aromatic N) is 1. The summed E-state index contributed by atoms with van der Waals surface area (Å²) in [5, 5.41) is 9.30. The zero-order valence-electron chi connectivity index (χ0n) is 9.30. The molecular weight excluding hydrogens is 202 g/mol. The fourth-order valence-electron chi connectivity index (χ4n) is 2.41. The first-order valence-corrected chi connectivity index (χ1v) is 5.86. The molecule has 2 rings (SSSR count). The minimum atomic E-state index is -0.835. The Balaban J connectivity index is 2.20. The Morgan fingerprint density at radius 1 is 1.12 bits per heavy atom. The Kier molecular flexibility index (Phi) is 3.44. The van der Waals surface area contributed by atoms with E-state index >= 15 is 0 Å². The Morgan fingerprint density at radius 2 is 1.75 bits per heavy atom. The lowest BCUT2D eigenvalue weighted by molar-refractivity contribution is 0.196. The Labute approximate surface area is 95.7 Å². The molecule has 86 valence electrons. The van der Waals surface area contributed by atoms with Crippen molar-refractivity contribution < 1.29 is 9.90 Å². The lowest BCUT2D eigenvalue weighted by atomic mass is 9.94. The van der Waals surface area contributed by atoms with Crippen LogP contribution in [0.25, 0.3) is 0 Å². The maximum Gasteiger partial charge on any atom is 0.412 e. The molecule has 1 aromatic carbocycles. The summed E-state index contributed by atoms with van der Waals surface area (Å²) < 4.78 is 0. The quantitative estimate of drug-likeness (QED) is 0.827. The molecule has 0 atom stereocenters. The molecule has 1 saturated carbocycles. The van der Waals surface area contributed by atoms with Crippen LogP contribution in [-0.2, 0) is 0 Å². The Hall–Kier alpha value is -1.51. The van der Waals surface area contributed by atoms with Crippen LogP contribution < -0.4 is 4.90 Å². The molecule has 1 amide bonds. The van der Waals surface area contributed by atoms with Crippen LogP contribution in [0.4, 0.5) is 10.5 Å². The molecule has 0 aliphatic heterocycles. The number of rotatable bonds is 2. The van der Waals surface area contributed by atoms with Crippen LogP contribution in [0.3, 0.4) is 0 Å². The number of para-hydroxylation sites is 1. The second kappa shape index (κ2) is 5.01. The number of carboxylic acid groups (broad SMARTS) is 1. The van der Waals surface area contributed by atoms with Crippen molar-refractivity contribution in [3.05, 3.63) is 30.3 Å². The second-order valence-electron chi connectivity index (χ2n) is 4.28. The van der Waals surface area contributed by atoms with Crippen molar-refractivity contribution in [2.24, 2.45) is 0 Å². The van der Waals surface area contributed by atoms with Gasteiger partial charge in [0.25, 0.3) is 0 Å². The second-order valence-corrected chi connectivity index (χ2v) is 4.28. The molecule has 1 fully saturated rings. The molecule has 0 bridgehead atoms. The van der Waals surface area contributed by atoms with Gasteiger partial charge >= 0.3 is 6.09 Å². The topological polar surface area (TPSA) is 40.5 Å². The van der Waals surface area contributed by atoms with Gasteiger partial charge in [-0.1, -0.05) is 37.5 Å². The van der Waals surface area contributed by atoms with Crippen LogP contribution >= 0.6 is 0 Å². The summed E-state index contributed by atoms with van der Waals surface area (Å²) in [5.41, 5.74) is 0.793. The predicted molar refractivity (Wildman–Crippen MR) is 63.8 cm³/mol. The first-order chi connectivity index (χ1) is 7.79. The zero-order chi connectivity index (χ0) is 11.4. The van der Waals surface area contributed by atoms with E-state index in [1.807, 2.05) is 30.3 Å². The zero-order valence-corrected chi connectivity index (χ0v) is 9.30. The molecule has 1 aliphatic rings. The van der Waals surface area contributed by atoms with E-state index in [2.05, 4.69) is 0 Å². The number of carbonyl (C=O) groups is 1. The van der Waals surface area contributed by atoms with Gasteiger partial charge in [-0.2, -0.15) is 0 Å². The van der Waals surface area contributed by atoms with Crippen molar-refractivity contribution in [2.45, 2.75) is 38.1 Å². The van der Waals surface area contributed by atoms with Gasteiger partial charge < -0.3 is 5.11 Å². The SMILES string of the molecule is O=C(O)N(c1ccccc1)C1CCCCC1. The highest BCUT2D eigenvalue weighted by atomic mass is 16.4. The van der Waals surface area contributed by atoms with Crippen molar-refractivity contribution in [1.29, 1.82) is 0 Å². The largest absolute Gasteiger partial charge is 0.465 e. The van der Waals surface area contributed by atoms with Gasteiger partial charge in [0, 0.05) is 11.7 Å². The van der Waals surface area contributed by atoms with Crippen molar-refractivity contribution >= 4 is 11.8 Å². The fraction of sp³-hybridized carbons (Fsp3) is 0.462. The third kappa shape index (κ3) is 2.35. The lowest BCUT2D eigenvalue weighted by Gasteiger charge is -2.32. The minimum absolute atomic E-state index is 0.161. The summed E-state index contributed by atoms with van der Waals surface area (Å²) in [6, 6.07) is 9.56. The third-order valence-corrected chi connectivity index (χ3v) is 3.18. The van der Waals surface area contributed by atoms with Crippen molar-refractivity contribution in [3.63, 3.8) is 0 Å². The van der Waals surface area contributed by atoms with Gasteiger partial charge in [0.05, 0.1) is 0 Å². The molecule has 0 heterocycles. The van der Waals surface area contributed by atoms with E-state index in [0.717, 1.165) is 31.4 Å². The maximum absolute atomic E-state index is 11.3. The average molecular weight is 219 g/mol. The predicted octanol–water partition coefficient (Wildman–Crippen LogP) is 3.50. The van der Waals surface area contributed by atoms with Crippen LogP contribution in [0.15, 0.2) is 30.3 Å². The summed E-state index contributed by atoms with van der Waals surface area (Å²) in [6.45, 7) is 0. The smallest absolute Gasteiger partial charge is 0.412 e. The Bertz CT molecular complexity index is 344. The van der Waals surface area contributed by atoms with Gasteiger partial charge in [0.2, 0.25) is 0 Å². The van der Waals surface area contributed by atoms with Crippen molar-refractivity contribution in [3.8, 4) is 0 Å². The molecule has 3 nitrogen and oxygen atoms in total. The standard InChI is InChI=1S/C13H17NO2/c15-13(16)14(11-7-3-1-4-8-11)12-9-5-2-6-10-12/h1,3-4,7-8,12H,2,5-6,9-10H2,(H,15,16). The number of hydrogen-bond donors (Lipinski definition) is 1. The summed E-state index contributed by atoms with van der Waals surface area (Å²) >= 11 is 0. The fourth-order valence-corrected chi connectivity index (χ4v) is 2.41. The van der Waals surface area contributed by atoms with Gasteiger partial charge in [-0.3, -0.25) is 4.90 Å². The molecule has 1 aliphatic carbocycles. The van der Waals surface area contributed by atoms with Gasteiger partial charge in [-0.15, -0.1) is 0 Å². The molecular formula is C13H17NO2. The van der Waals surface area contributed by atoms with E-state index < -0.39 is 6.09 Å². The molecule has 1 aromatic rings. The highest BCUT2D eigenvalue weighted by molar-refractivity contribution is 5.86. The summed E-state index contributed by atoms with van der Waals surface area (Å²) in [4.78, 5) is 12.9. The van der Waals surface area contributed by atoms with Crippen LogP contribution in [0, 0.1) is 0 Å². The number of hydrogen-bond acceptors (Lipinski definition) is 1. The maximum atomic E-state index is 11.3. The molecule has 16 heavy (non-hydrogen) atoms. The van der Waals surface area contributed by atoms with Crippen molar-refractivity contribution in [1.82, 2.24) is 0 Å². The first-order valence-electron chi connectivity index (χ1n) is 5.86. The average Bonchev–Trinajstić information content (AvgIpc) is 2.31. The van der Waals surface area contributed by atoms with E-state index in [1.54, 1.807) is 0 Å². The number of anilines is 1. The molecule has 0 saturated heterocycles. The van der Waals surface area contributed by atoms with Gasteiger partial charge in [-0.25, -0.2) is 4.79 Å². The molecule has 1 N–H and O–H groups in total. The van der Waals surface area contributed by atoms with Crippen molar-refractivity contribution in [2.75, 3.05) is 4.90 Å². The normalized spacial score (nSPS) is 17.0. The lowest BCUT2D eigenvalue weighted by Crippen LogP contribution is -2.40. The summed E-state index contributed by atoms with van der Waals surface area (Å²) in [7, 11) is 0. The minimum Gasteiger partial charge on any atom is -0.465 e. The van der Waals surface area contributed by atoms with E-state index in [4.69, 9.17) is 0 Å². The number of amides is 1. The Morgan fingerprint density at radius 3 is 2.31 bits per heavy atom. The molecule has 3 heteroatoms. The highest BCUT2D eigenvalue weighted by Gasteiger charge is 2.26. The van der Waals surface area contributed by atoms with Crippen LogP contribution in [-0.4, -0.2) is 17.2 Å². The van der Waals surface area contributed by atoms with E-state index in [-0.39, 0.29) is 6.04 Å². The monoisotopic (exact) mass is 219 g/mol. The summed E-state index contributed by atoms with van der Waals surface area (Å²) in [6.07, 6.45) is 4.65. The van der Waals surface area contributed by atoms with Crippen LogP contribution in [0.2, 0.25) is 0 Å². The highest BCUT2D eigenvalue weighted by Crippen LogP contribution is 2.27. The molecule has 0 spiro atoms.